The first-order chi connectivity index (χ1) is 6.24. The van der Waals surface area contributed by atoms with E-state index in [1.165, 1.54) is 6.20 Å². The van der Waals surface area contributed by atoms with Gasteiger partial charge in [-0.25, -0.2) is 4.98 Å². The third-order valence-electron chi connectivity index (χ3n) is 1.47. The van der Waals surface area contributed by atoms with Crippen molar-refractivity contribution in [2.45, 2.75) is 0 Å². The molecule has 0 atom stereocenters. The molecule has 1 aromatic rings. The lowest BCUT2D eigenvalue weighted by atomic mass is 10.2. The second-order valence-electron chi connectivity index (χ2n) is 2.46. The molecule has 0 aliphatic carbocycles. The molecule has 0 spiro atoms. The minimum absolute atomic E-state index is 0.446. The first kappa shape index (κ1) is 9.25. The van der Waals surface area contributed by atoms with Crippen LogP contribution in [0.2, 0.25) is 0 Å². The predicted molar refractivity (Wildman–Crippen MR) is 51.4 cm³/mol. The number of nitrogens with one attached hydrogen (secondary N) is 1. The van der Waals surface area contributed by atoms with Crippen LogP contribution >= 0.6 is 0 Å². The SMILES string of the molecule is C=CCNc1cc(C(N)=O)ccn1. The number of pyridine rings is 1. The number of primary amides is 1. The number of carbonyl (C=O) groups is 1. The highest BCUT2D eigenvalue weighted by Crippen LogP contribution is 2.05. The molecule has 1 heterocycles. The van der Waals surface area contributed by atoms with E-state index in [0.717, 1.165) is 0 Å². The molecule has 13 heavy (non-hydrogen) atoms. The first-order valence-corrected chi connectivity index (χ1v) is 3.84. The predicted octanol–water partition coefficient (Wildman–Crippen LogP) is 0.778. The van der Waals surface area contributed by atoms with E-state index in [9.17, 15) is 4.79 Å². The molecule has 0 aromatic carbocycles. The first-order valence-electron chi connectivity index (χ1n) is 3.84. The Bertz CT molecular complexity index is 322. The average Bonchev–Trinajstić information content (AvgIpc) is 2.15. The molecule has 4 nitrogen and oxygen atoms in total. The lowest BCUT2D eigenvalue weighted by molar-refractivity contribution is 0.1000. The van der Waals surface area contributed by atoms with Crippen LogP contribution < -0.4 is 11.1 Å². The molecular formula is C9H11N3O. The fourth-order valence-corrected chi connectivity index (χ4v) is 0.857. The van der Waals surface area contributed by atoms with Crippen molar-refractivity contribution in [1.82, 2.24) is 4.98 Å². The van der Waals surface area contributed by atoms with Gasteiger partial charge in [0.2, 0.25) is 5.91 Å². The number of nitrogens with two attached hydrogens (primary N) is 1. The normalized spacial score (nSPS) is 9.23. The van der Waals surface area contributed by atoms with Gasteiger partial charge in [-0.05, 0) is 12.1 Å². The Morgan fingerprint density at radius 2 is 2.54 bits per heavy atom. The van der Waals surface area contributed by atoms with Crippen molar-refractivity contribution < 1.29 is 4.79 Å². The van der Waals surface area contributed by atoms with E-state index in [-0.39, 0.29) is 0 Å². The van der Waals surface area contributed by atoms with Gasteiger partial charge >= 0.3 is 0 Å². The molecule has 68 valence electrons. The molecule has 1 aromatic heterocycles. The van der Waals surface area contributed by atoms with E-state index in [1.807, 2.05) is 0 Å². The molecule has 3 N–H and O–H groups in total. The molecule has 0 unspecified atom stereocenters. The highest BCUT2D eigenvalue weighted by atomic mass is 16.1. The van der Waals surface area contributed by atoms with Crippen LogP contribution in [-0.4, -0.2) is 17.4 Å². The molecule has 0 aliphatic rings. The monoisotopic (exact) mass is 177 g/mol. The molecular weight excluding hydrogens is 166 g/mol. The van der Waals surface area contributed by atoms with Crippen LogP contribution in [0.4, 0.5) is 5.82 Å². The lowest BCUT2D eigenvalue weighted by Crippen LogP contribution is -2.11. The van der Waals surface area contributed by atoms with Crippen molar-refractivity contribution >= 4 is 11.7 Å². The van der Waals surface area contributed by atoms with E-state index in [2.05, 4.69) is 16.9 Å². The van der Waals surface area contributed by atoms with Crippen LogP contribution in [0.1, 0.15) is 10.4 Å². The Labute approximate surface area is 76.5 Å². The number of rotatable bonds is 4. The van der Waals surface area contributed by atoms with Crippen LogP contribution in [0.3, 0.4) is 0 Å². The van der Waals surface area contributed by atoms with Crippen molar-refractivity contribution in [3.63, 3.8) is 0 Å². The highest BCUT2D eigenvalue weighted by Gasteiger charge is 2.00. The van der Waals surface area contributed by atoms with Gasteiger partial charge in [-0.1, -0.05) is 6.08 Å². The number of hydrogen-bond donors (Lipinski definition) is 2. The Kier molecular flexibility index (Phi) is 3.03. The summed E-state index contributed by atoms with van der Waals surface area (Å²) in [6.45, 7) is 4.16. The van der Waals surface area contributed by atoms with Gasteiger partial charge in [0.25, 0.3) is 0 Å². The molecule has 4 heteroatoms. The third-order valence-corrected chi connectivity index (χ3v) is 1.47. The van der Waals surface area contributed by atoms with Gasteiger partial charge in [-0.3, -0.25) is 4.79 Å². The Morgan fingerprint density at radius 3 is 3.15 bits per heavy atom. The minimum Gasteiger partial charge on any atom is -0.367 e. The molecule has 1 rings (SSSR count). The topological polar surface area (TPSA) is 68.0 Å². The second-order valence-corrected chi connectivity index (χ2v) is 2.46. The maximum atomic E-state index is 10.8. The zero-order chi connectivity index (χ0) is 9.68. The zero-order valence-corrected chi connectivity index (χ0v) is 7.16. The molecule has 0 saturated heterocycles. The van der Waals surface area contributed by atoms with Gasteiger partial charge in [0, 0.05) is 18.3 Å². The minimum atomic E-state index is -0.455. The number of carbonyl (C=O) groups excluding carboxylic acids is 1. The van der Waals surface area contributed by atoms with Crippen LogP contribution in [0.5, 0.6) is 0 Å². The summed E-state index contributed by atoms with van der Waals surface area (Å²) in [4.78, 5) is 14.8. The van der Waals surface area contributed by atoms with E-state index in [4.69, 9.17) is 5.73 Å². The maximum absolute atomic E-state index is 10.8. The van der Waals surface area contributed by atoms with Gasteiger partial charge in [-0.15, -0.1) is 6.58 Å². The molecule has 0 aliphatic heterocycles. The van der Waals surface area contributed by atoms with Crippen molar-refractivity contribution in [2.24, 2.45) is 5.73 Å². The molecule has 0 fully saturated rings. The van der Waals surface area contributed by atoms with Crippen LogP contribution in [0.25, 0.3) is 0 Å². The number of amides is 1. The van der Waals surface area contributed by atoms with Crippen molar-refractivity contribution in [2.75, 3.05) is 11.9 Å². The molecule has 0 bridgehead atoms. The number of nitrogens with zero attached hydrogens (tertiary/aromatic N) is 1. The Morgan fingerprint density at radius 1 is 1.77 bits per heavy atom. The zero-order valence-electron chi connectivity index (χ0n) is 7.16. The van der Waals surface area contributed by atoms with Gasteiger partial charge in [0.1, 0.15) is 5.82 Å². The second kappa shape index (κ2) is 4.25. The molecule has 0 radical (unpaired) electrons. The summed E-state index contributed by atoms with van der Waals surface area (Å²) in [5.74, 6) is 0.167. The summed E-state index contributed by atoms with van der Waals surface area (Å²) in [5, 5.41) is 2.95. The standard InChI is InChI=1S/C9H11N3O/c1-2-4-11-8-6-7(9(10)13)3-5-12-8/h2-3,5-6H,1,4H2,(H2,10,13)(H,11,12). The maximum Gasteiger partial charge on any atom is 0.248 e. The van der Waals surface area contributed by atoms with Gasteiger partial charge in [0.05, 0.1) is 0 Å². The Balaban J connectivity index is 2.79. The smallest absolute Gasteiger partial charge is 0.248 e. The largest absolute Gasteiger partial charge is 0.367 e. The fraction of sp³-hybridized carbons (Fsp3) is 0.111. The summed E-state index contributed by atoms with van der Waals surface area (Å²) in [5.41, 5.74) is 5.54. The van der Waals surface area contributed by atoms with Crippen LogP contribution in [-0.2, 0) is 0 Å². The lowest BCUT2D eigenvalue weighted by Gasteiger charge is -2.02. The van der Waals surface area contributed by atoms with Crippen LogP contribution in [0.15, 0.2) is 31.0 Å². The summed E-state index contributed by atoms with van der Waals surface area (Å²) in [6, 6.07) is 3.17. The quantitative estimate of drug-likeness (QED) is 0.668. The van der Waals surface area contributed by atoms with E-state index >= 15 is 0 Å². The summed E-state index contributed by atoms with van der Waals surface area (Å²) in [6.07, 6.45) is 3.24. The summed E-state index contributed by atoms with van der Waals surface area (Å²) in [7, 11) is 0. The van der Waals surface area contributed by atoms with Crippen molar-refractivity contribution in [3.05, 3.63) is 36.5 Å². The van der Waals surface area contributed by atoms with Gasteiger partial charge in [-0.2, -0.15) is 0 Å². The van der Waals surface area contributed by atoms with Crippen LogP contribution in [0, 0.1) is 0 Å². The number of hydrogen-bond acceptors (Lipinski definition) is 3. The molecule has 0 saturated carbocycles. The number of anilines is 1. The summed E-state index contributed by atoms with van der Waals surface area (Å²) >= 11 is 0. The van der Waals surface area contributed by atoms with Crippen molar-refractivity contribution in [1.29, 1.82) is 0 Å². The molecule has 1 amide bonds. The number of aromatic nitrogens is 1. The van der Waals surface area contributed by atoms with E-state index < -0.39 is 5.91 Å². The van der Waals surface area contributed by atoms with E-state index in [1.54, 1.807) is 18.2 Å². The summed E-state index contributed by atoms with van der Waals surface area (Å²) < 4.78 is 0. The van der Waals surface area contributed by atoms with Gasteiger partial charge < -0.3 is 11.1 Å². The average molecular weight is 177 g/mol. The van der Waals surface area contributed by atoms with Gasteiger partial charge in [0.15, 0.2) is 0 Å². The third kappa shape index (κ3) is 2.59. The van der Waals surface area contributed by atoms with Crippen molar-refractivity contribution in [3.8, 4) is 0 Å². The Hall–Kier alpha value is -1.84. The fourth-order valence-electron chi connectivity index (χ4n) is 0.857. The van der Waals surface area contributed by atoms with E-state index in [0.29, 0.717) is 17.9 Å². The highest BCUT2D eigenvalue weighted by molar-refractivity contribution is 5.93.